The molecule has 5 nitrogen and oxygen atoms in total. The van der Waals surface area contributed by atoms with Crippen molar-refractivity contribution in [2.45, 2.75) is 13.8 Å². The molecule has 0 bridgehead atoms. The minimum absolute atomic E-state index is 0.176. The first kappa shape index (κ1) is 18.8. The van der Waals surface area contributed by atoms with Crippen LogP contribution in [0.25, 0.3) is 0 Å². The highest BCUT2D eigenvalue weighted by molar-refractivity contribution is 5.85. The molecule has 0 heterocycles. The number of phenols is 1. The van der Waals surface area contributed by atoms with Gasteiger partial charge in [-0.1, -0.05) is 31.4 Å². The van der Waals surface area contributed by atoms with Crippen LogP contribution in [0.3, 0.4) is 0 Å². The standard InChI is InChI=1S/C6H6O.2C4H6O2/c7-6-4-2-1-3-5-6;2*1-3(2)4(5)6/h1-5,7H;2*1H2,2H3,(H,5,6). The van der Waals surface area contributed by atoms with Crippen LogP contribution in [0, 0.1) is 0 Å². The lowest BCUT2D eigenvalue weighted by Crippen LogP contribution is -1.92. The van der Waals surface area contributed by atoms with Crippen molar-refractivity contribution in [3.8, 4) is 5.75 Å². The number of rotatable bonds is 2. The van der Waals surface area contributed by atoms with Crippen LogP contribution >= 0.6 is 0 Å². The van der Waals surface area contributed by atoms with E-state index in [-0.39, 0.29) is 11.1 Å². The third kappa shape index (κ3) is 15.4. The molecule has 0 saturated heterocycles. The van der Waals surface area contributed by atoms with Crippen molar-refractivity contribution in [1.82, 2.24) is 0 Å². The van der Waals surface area contributed by atoms with Gasteiger partial charge in [0.1, 0.15) is 5.75 Å². The predicted octanol–water partition coefficient (Wildman–Crippen LogP) is 2.69. The molecule has 0 fully saturated rings. The number of para-hydroxylation sites is 1. The van der Waals surface area contributed by atoms with E-state index in [1.54, 1.807) is 24.3 Å². The number of aromatic hydroxyl groups is 1. The summed E-state index contributed by atoms with van der Waals surface area (Å²) in [5, 5.41) is 24.4. The number of carboxylic acids is 2. The quantitative estimate of drug-likeness (QED) is 0.715. The second-order valence-corrected chi connectivity index (χ2v) is 3.51. The first-order valence-electron chi connectivity index (χ1n) is 5.20. The molecule has 0 saturated carbocycles. The predicted molar refractivity (Wildman–Crippen MR) is 73.0 cm³/mol. The second-order valence-electron chi connectivity index (χ2n) is 3.51. The van der Waals surface area contributed by atoms with E-state index in [1.807, 2.05) is 6.07 Å². The molecular formula is C14H18O5. The Morgan fingerprint density at radius 1 is 0.895 bits per heavy atom. The smallest absolute Gasteiger partial charge is 0.330 e. The van der Waals surface area contributed by atoms with Crippen LogP contribution in [0.2, 0.25) is 0 Å². The van der Waals surface area contributed by atoms with Gasteiger partial charge in [0, 0.05) is 11.1 Å². The molecule has 0 aromatic heterocycles. The number of phenolic OH excluding ortho intramolecular Hbond substituents is 1. The maximum absolute atomic E-state index is 9.60. The summed E-state index contributed by atoms with van der Waals surface area (Å²) >= 11 is 0. The molecule has 0 amide bonds. The first-order chi connectivity index (χ1) is 8.68. The van der Waals surface area contributed by atoms with Crippen molar-refractivity contribution < 1.29 is 24.9 Å². The van der Waals surface area contributed by atoms with Crippen molar-refractivity contribution in [2.75, 3.05) is 0 Å². The lowest BCUT2D eigenvalue weighted by molar-refractivity contribution is -0.133. The number of carbonyl (C=O) groups is 2. The van der Waals surface area contributed by atoms with Crippen LogP contribution in [0.15, 0.2) is 54.6 Å². The highest BCUT2D eigenvalue weighted by Crippen LogP contribution is 2.02. The molecule has 19 heavy (non-hydrogen) atoms. The molecule has 104 valence electrons. The normalized spacial score (nSPS) is 7.89. The van der Waals surface area contributed by atoms with Gasteiger partial charge in [-0.15, -0.1) is 0 Å². The zero-order chi connectivity index (χ0) is 15.4. The van der Waals surface area contributed by atoms with E-state index in [4.69, 9.17) is 15.3 Å². The summed E-state index contributed by atoms with van der Waals surface area (Å²) in [7, 11) is 0. The summed E-state index contributed by atoms with van der Waals surface area (Å²) in [5.41, 5.74) is 0.352. The minimum atomic E-state index is -0.935. The van der Waals surface area contributed by atoms with E-state index < -0.39 is 11.9 Å². The Morgan fingerprint density at radius 2 is 1.16 bits per heavy atom. The van der Waals surface area contributed by atoms with Crippen LogP contribution in [0.4, 0.5) is 0 Å². The Morgan fingerprint density at radius 3 is 1.26 bits per heavy atom. The zero-order valence-corrected chi connectivity index (χ0v) is 11.0. The van der Waals surface area contributed by atoms with Gasteiger partial charge < -0.3 is 15.3 Å². The van der Waals surface area contributed by atoms with Crippen LogP contribution in [-0.2, 0) is 9.59 Å². The maximum atomic E-state index is 9.60. The molecule has 0 atom stereocenters. The van der Waals surface area contributed by atoms with Crippen molar-refractivity contribution in [2.24, 2.45) is 0 Å². The van der Waals surface area contributed by atoms with Gasteiger partial charge in [0.25, 0.3) is 0 Å². The molecule has 0 aliphatic heterocycles. The lowest BCUT2D eigenvalue weighted by Gasteiger charge is -1.82. The molecule has 1 aromatic carbocycles. The van der Waals surface area contributed by atoms with Gasteiger partial charge in [-0.25, -0.2) is 9.59 Å². The van der Waals surface area contributed by atoms with E-state index in [9.17, 15) is 9.59 Å². The van der Waals surface area contributed by atoms with Gasteiger partial charge in [-0.2, -0.15) is 0 Å². The molecule has 0 unspecified atom stereocenters. The van der Waals surface area contributed by atoms with Crippen LogP contribution < -0.4 is 0 Å². The fraction of sp³-hybridized carbons (Fsp3) is 0.143. The molecule has 1 aromatic rings. The maximum Gasteiger partial charge on any atom is 0.330 e. The fourth-order valence-corrected chi connectivity index (χ4v) is 0.428. The Balaban J connectivity index is 0. The highest BCUT2D eigenvalue weighted by Gasteiger charge is 1.90. The van der Waals surface area contributed by atoms with E-state index >= 15 is 0 Å². The molecule has 3 N–H and O–H groups in total. The molecule has 0 aliphatic carbocycles. The summed E-state index contributed by atoms with van der Waals surface area (Å²) in [4.78, 5) is 19.2. The SMILES string of the molecule is C=C(C)C(=O)O.C=C(C)C(=O)O.Oc1ccccc1. The van der Waals surface area contributed by atoms with Crippen molar-refractivity contribution in [3.63, 3.8) is 0 Å². The highest BCUT2D eigenvalue weighted by atomic mass is 16.4. The average molecular weight is 266 g/mol. The van der Waals surface area contributed by atoms with Gasteiger partial charge in [-0.05, 0) is 26.0 Å². The number of carboxylic acid groups (broad SMARTS) is 2. The summed E-state index contributed by atoms with van der Waals surface area (Å²) in [6.45, 7) is 9.20. The van der Waals surface area contributed by atoms with Crippen molar-refractivity contribution in [1.29, 1.82) is 0 Å². The molecule has 0 radical (unpaired) electrons. The first-order valence-corrected chi connectivity index (χ1v) is 5.20. The Bertz CT molecular complexity index is 386. The molecular weight excluding hydrogens is 248 g/mol. The summed E-state index contributed by atoms with van der Waals surface area (Å²) in [6.07, 6.45) is 0. The van der Waals surface area contributed by atoms with Gasteiger partial charge in [0.15, 0.2) is 0 Å². The van der Waals surface area contributed by atoms with E-state index in [1.165, 1.54) is 13.8 Å². The van der Waals surface area contributed by atoms with Gasteiger partial charge in [-0.3, -0.25) is 0 Å². The fourth-order valence-electron chi connectivity index (χ4n) is 0.428. The Labute approximate surface area is 112 Å². The monoisotopic (exact) mass is 266 g/mol. The van der Waals surface area contributed by atoms with E-state index in [0.29, 0.717) is 5.75 Å². The van der Waals surface area contributed by atoms with Gasteiger partial charge >= 0.3 is 11.9 Å². The second kappa shape index (κ2) is 10.6. The molecule has 5 heteroatoms. The number of hydrogen-bond acceptors (Lipinski definition) is 3. The van der Waals surface area contributed by atoms with Crippen molar-refractivity contribution in [3.05, 3.63) is 54.6 Å². The van der Waals surface area contributed by atoms with E-state index in [0.717, 1.165) is 0 Å². The van der Waals surface area contributed by atoms with Gasteiger partial charge in [0.05, 0.1) is 0 Å². The zero-order valence-electron chi connectivity index (χ0n) is 11.0. The van der Waals surface area contributed by atoms with E-state index in [2.05, 4.69) is 13.2 Å². The van der Waals surface area contributed by atoms with Crippen LogP contribution in [-0.4, -0.2) is 27.3 Å². The Kier molecular flexibility index (Phi) is 10.5. The minimum Gasteiger partial charge on any atom is -0.508 e. The molecule has 0 spiro atoms. The van der Waals surface area contributed by atoms with Crippen LogP contribution in [0.5, 0.6) is 5.75 Å². The average Bonchev–Trinajstić information content (AvgIpc) is 2.31. The Hall–Kier alpha value is -2.56. The number of hydrogen-bond donors (Lipinski definition) is 3. The largest absolute Gasteiger partial charge is 0.508 e. The lowest BCUT2D eigenvalue weighted by atomic mass is 10.3. The van der Waals surface area contributed by atoms with Gasteiger partial charge in [0.2, 0.25) is 0 Å². The van der Waals surface area contributed by atoms with Crippen molar-refractivity contribution >= 4 is 11.9 Å². The third-order valence-corrected chi connectivity index (χ3v) is 1.49. The summed E-state index contributed by atoms with van der Waals surface area (Å²) < 4.78 is 0. The summed E-state index contributed by atoms with van der Waals surface area (Å²) in [5.74, 6) is -1.55. The number of benzene rings is 1. The molecule has 0 aliphatic rings. The third-order valence-electron chi connectivity index (χ3n) is 1.49. The van der Waals surface area contributed by atoms with Crippen LogP contribution in [0.1, 0.15) is 13.8 Å². The topological polar surface area (TPSA) is 94.8 Å². The molecule has 1 rings (SSSR count). The summed E-state index contributed by atoms with van der Waals surface area (Å²) in [6, 6.07) is 8.71. The number of aliphatic carboxylic acids is 2.